The number of carbonyl (C=O) groups excluding carboxylic acids is 1. The maximum absolute atomic E-state index is 12.4. The molecule has 1 heterocycles. The van der Waals surface area contributed by atoms with Crippen LogP contribution < -0.4 is 0 Å². The monoisotopic (exact) mass is 300 g/mol. The minimum Gasteiger partial charge on any atom is -0.481 e. The number of hydrogen-bond donors (Lipinski definition) is 2. The number of rotatable bonds is 8. The first-order valence-corrected chi connectivity index (χ1v) is 7.88. The van der Waals surface area contributed by atoms with Crippen LogP contribution in [0.1, 0.15) is 39.5 Å². The lowest BCUT2D eigenvalue weighted by Crippen LogP contribution is -2.48. The fraction of sp³-hybridized carbons (Fsp3) is 0.867. The Morgan fingerprint density at radius 3 is 2.24 bits per heavy atom. The number of aliphatic hydroxyl groups is 1. The predicted molar refractivity (Wildman–Crippen MR) is 80.0 cm³/mol. The van der Waals surface area contributed by atoms with E-state index in [1.165, 1.54) is 0 Å². The van der Waals surface area contributed by atoms with Crippen molar-refractivity contribution >= 4 is 11.9 Å². The van der Waals surface area contributed by atoms with Gasteiger partial charge in [0.25, 0.3) is 0 Å². The van der Waals surface area contributed by atoms with Gasteiger partial charge in [-0.1, -0.05) is 13.8 Å². The highest BCUT2D eigenvalue weighted by Crippen LogP contribution is 2.18. The van der Waals surface area contributed by atoms with E-state index in [2.05, 4.69) is 13.8 Å². The van der Waals surface area contributed by atoms with E-state index in [1.54, 1.807) is 4.90 Å². The number of carbonyl (C=O) groups is 2. The molecule has 0 aliphatic carbocycles. The third-order valence-corrected chi connectivity index (χ3v) is 4.38. The van der Waals surface area contributed by atoms with Gasteiger partial charge in [-0.25, -0.2) is 0 Å². The Hall–Kier alpha value is -1.14. The number of aliphatic carboxylic acids is 1. The van der Waals surface area contributed by atoms with Crippen LogP contribution >= 0.6 is 0 Å². The van der Waals surface area contributed by atoms with Gasteiger partial charge >= 0.3 is 5.97 Å². The second-order valence-electron chi connectivity index (χ2n) is 5.66. The molecule has 1 amide bonds. The average Bonchev–Trinajstić information content (AvgIpc) is 2.48. The standard InChI is InChI=1S/C15H28N2O4/c1-3-13(4-2)17(9-10-18)11-14(19)16-7-5-12(6-8-16)15(20)21/h12-13,18H,3-11H2,1-2H3,(H,20,21). The molecular formula is C15H28N2O4. The van der Waals surface area contributed by atoms with E-state index >= 15 is 0 Å². The largest absolute Gasteiger partial charge is 0.481 e. The van der Waals surface area contributed by atoms with Gasteiger partial charge in [-0.15, -0.1) is 0 Å². The molecule has 0 spiro atoms. The predicted octanol–water partition coefficient (Wildman–Crippen LogP) is 0.793. The van der Waals surface area contributed by atoms with Crippen LogP contribution in [-0.4, -0.2) is 70.7 Å². The molecule has 0 atom stereocenters. The van der Waals surface area contributed by atoms with Crippen molar-refractivity contribution in [3.05, 3.63) is 0 Å². The van der Waals surface area contributed by atoms with Gasteiger partial charge < -0.3 is 15.1 Å². The number of likely N-dealkylation sites (tertiary alicyclic amines) is 1. The molecule has 0 bridgehead atoms. The summed E-state index contributed by atoms with van der Waals surface area (Å²) in [6.45, 7) is 6.07. The van der Waals surface area contributed by atoms with Gasteiger partial charge in [0, 0.05) is 25.7 Å². The molecule has 0 saturated carbocycles. The smallest absolute Gasteiger partial charge is 0.306 e. The van der Waals surface area contributed by atoms with Gasteiger partial charge in [-0.05, 0) is 25.7 Å². The molecular weight excluding hydrogens is 272 g/mol. The molecule has 0 radical (unpaired) electrons. The third-order valence-electron chi connectivity index (χ3n) is 4.38. The number of carboxylic acids is 1. The summed E-state index contributed by atoms with van der Waals surface area (Å²) in [4.78, 5) is 27.1. The molecule has 6 heteroatoms. The van der Waals surface area contributed by atoms with Gasteiger partial charge in [0.15, 0.2) is 0 Å². The molecule has 1 rings (SSSR count). The number of aliphatic hydroxyl groups excluding tert-OH is 1. The highest BCUT2D eigenvalue weighted by Gasteiger charge is 2.28. The Balaban J connectivity index is 2.52. The van der Waals surface area contributed by atoms with E-state index in [4.69, 9.17) is 10.2 Å². The fourth-order valence-corrected chi connectivity index (χ4v) is 2.97. The summed E-state index contributed by atoms with van der Waals surface area (Å²) < 4.78 is 0. The molecule has 1 aliphatic rings. The van der Waals surface area contributed by atoms with E-state index < -0.39 is 5.97 Å². The van der Waals surface area contributed by atoms with Crippen molar-refractivity contribution in [1.82, 2.24) is 9.80 Å². The minimum absolute atomic E-state index is 0.0409. The molecule has 2 N–H and O–H groups in total. The average molecular weight is 300 g/mol. The normalized spacial score (nSPS) is 16.7. The number of nitrogens with zero attached hydrogens (tertiary/aromatic N) is 2. The van der Waals surface area contributed by atoms with Gasteiger partial charge in [-0.3, -0.25) is 14.5 Å². The Morgan fingerprint density at radius 1 is 1.24 bits per heavy atom. The van der Waals surface area contributed by atoms with E-state index in [0.717, 1.165) is 12.8 Å². The van der Waals surface area contributed by atoms with Crippen LogP contribution in [0, 0.1) is 5.92 Å². The Kier molecular flexibility index (Phi) is 7.67. The molecule has 0 aromatic rings. The lowest BCUT2D eigenvalue weighted by Gasteiger charge is -2.34. The fourth-order valence-electron chi connectivity index (χ4n) is 2.97. The van der Waals surface area contributed by atoms with Gasteiger partial charge in [0.2, 0.25) is 5.91 Å². The van der Waals surface area contributed by atoms with Crippen LogP contribution in [0.3, 0.4) is 0 Å². The number of amides is 1. The summed E-state index contributed by atoms with van der Waals surface area (Å²) in [5.41, 5.74) is 0. The zero-order chi connectivity index (χ0) is 15.8. The zero-order valence-corrected chi connectivity index (χ0v) is 13.1. The van der Waals surface area contributed by atoms with Crippen LogP contribution in [0.25, 0.3) is 0 Å². The first-order valence-electron chi connectivity index (χ1n) is 7.88. The number of piperidine rings is 1. The summed E-state index contributed by atoms with van der Waals surface area (Å²) in [6.07, 6.45) is 2.97. The summed E-state index contributed by atoms with van der Waals surface area (Å²) in [5.74, 6) is -1.04. The molecule has 122 valence electrons. The van der Waals surface area contributed by atoms with Crippen molar-refractivity contribution in [3.8, 4) is 0 Å². The quantitative estimate of drug-likeness (QED) is 0.693. The van der Waals surface area contributed by atoms with Crippen molar-refractivity contribution in [2.24, 2.45) is 5.92 Å². The van der Waals surface area contributed by atoms with Crippen molar-refractivity contribution in [2.75, 3.05) is 32.8 Å². The van der Waals surface area contributed by atoms with Crippen LogP contribution in [0.5, 0.6) is 0 Å². The second-order valence-corrected chi connectivity index (χ2v) is 5.66. The molecule has 21 heavy (non-hydrogen) atoms. The van der Waals surface area contributed by atoms with Gasteiger partial charge in [0.1, 0.15) is 0 Å². The first kappa shape index (κ1) is 17.9. The maximum Gasteiger partial charge on any atom is 0.306 e. The minimum atomic E-state index is -0.763. The zero-order valence-electron chi connectivity index (χ0n) is 13.1. The summed E-state index contributed by atoms with van der Waals surface area (Å²) in [6, 6.07) is 0.303. The van der Waals surface area contributed by atoms with Gasteiger partial charge in [-0.2, -0.15) is 0 Å². The number of carboxylic acid groups (broad SMARTS) is 1. The van der Waals surface area contributed by atoms with E-state index in [9.17, 15) is 9.59 Å². The maximum atomic E-state index is 12.4. The van der Waals surface area contributed by atoms with Crippen molar-refractivity contribution in [1.29, 1.82) is 0 Å². The van der Waals surface area contributed by atoms with Crippen LogP contribution in [0.15, 0.2) is 0 Å². The SMILES string of the molecule is CCC(CC)N(CCO)CC(=O)N1CCC(C(=O)O)CC1. The molecule has 0 aromatic heterocycles. The topological polar surface area (TPSA) is 81.1 Å². The highest BCUT2D eigenvalue weighted by atomic mass is 16.4. The molecule has 0 unspecified atom stereocenters. The van der Waals surface area contributed by atoms with Crippen LogP contribution in [0.4, 0.5) is 0 Å². The highest BCUT2D eigenvalue weighted by molar-refractivity contribution is 5.79. The number of hydrogen-bond acceptors (Lipinski definition) is 4. The van der Waals surface area contributed by atoms with Crippen LogP contribution in [0.2, 0.25) is 0 Å². The summed E-state index contributed by atoms with van der Waals surface area (Å²) >= 11 is 0. The Bertz CT molecular complexity index is 337. The van der Waals surface area contributed by atoms with E-state index in [-0.39, 0.29) is 18.4 Å². The summed E-state index contributed by atoms with van der Waals surface area (Å²) in [5, 5.41) is 18.1. The summed E-state index contributed by atoms with van der Waals surface area (Å²) in [7, 11) is 0. The lowest BCUT2D eigenvalue weighted by molar-refractivity contribution is -0.146. The Morgan fingerprint density at radius 2 is 1.81 bits per heavy atom. The second kappa shape index (κ2) is 9.00. The first-order chi connectivity index (χ1) is 10.0. The van der Waals surface area contributed by atoms with Crippen molar-refractivity contribution in [3.63, 3.8) is 0 Å². The van der Waals surface area contributed by atoms with Crippen molar-refractivity contribution < 1.29 is 19.8 Å². The molecule has 1 aliphatic heterocycles. The van der Waals surface area contributed by atoms with Gasteiger partial charge in [0.05, 0.1) is 19.1 Å². The van der Waals surface area contributed by atoms with E-state index in [0.29, 0.717) is 45.1 Å². The Labute approximate surface area is 126 Å². The molecule has 0 aromatic carbocycles. The molecule has 6 nitrogen and oxygen atoms in total. The van der Waals surface area contributed by atoms with Crippen LogP contribution in [-0.2, 0) is 9.59 Å². The molecule has 1 saturated heterocycles. The molecule has 1 fully saturated rings. The third kappa shape index (κ3) is 5.28. The lowest BCUT2D eigenvalue weighted by atomic mass is 9.97. The van der Waals surface area contributed by atoms with Crippen molar-refractivity contribution in [2.45, 2.75) is 45.6 Å². The van der Waals surface area contributed by atoms with E-state index in [1.807, 2.05) is 4.90 Å².